The van der Waals surface area contributed by atoms with Crippen LogP contribution < -0.4 is 5.32 Å². The molecule has 146 valence electrons. The molecule has 1 aromatic heterocycles. The zero-order valence-corrected chi connectivity index (χ0v) is 16.1. The maximum absolute atomic E-state index is 13.6. The first-order valence-electron chi connectivity index (χ1n) is 9.24. The minimum atomic E-state index is -0.495. The fraction of sp³-hybridized carbons (Fsp3) is 0.273. The van der Waals surface area contributed by atoms with E-state index in [1.165, 1.54) is 28.8 Å². The van der Waals surface area contributed by atoms with Crippen LogP contribution in [0.1, 0.15) is 41.9 Å². The molecule has 1 heterocycles. The van der Waals surface area contributed by atoms with Crippen LogP contribution in [-0.4, -0.2) is 27.5 Å². The predicted octanol–water partition coefficient (Wildman–Crippen LogP) is 3.94. The number of hydrogen-bond acceptors (Lipinski definition) is 3. The lowest BCUT2D eigenvalue weighted by Gasteiger charge is -2.11. The van der Waals surface area contributed by atoms with Crippen molar-refractivity contribution >= 4 is 22.7 Å². The summed E-state index contributed by atoms with van der Waals surface area (Å²) in [5, 5.41) is 13.5. The van der Waals surface area contributed by atoms with Gasteiger partial charge in [0.25, 0.3) is 5.91 Å². The number of phenols is 1. The first-order valence-corrected chi connectivity index (χ1v) is 9.24. The Bertz CT molecular complexity index is 1060. The first-order chi connectivity index (χ1) is 13.3. The number of aromatic hydroxyl groups is 1. The molecule has 0 spiro atoms. The van der Waals surface area contributed by atoms with Crippen molar-refractivity contribution in [3.8, 4) is 5.75 Å². The van der Waals surface area contributed by atoms with Gasteiger partial charge < -0.3 is 10.4 Å². The molecule has 1 amide bonds. The molecule has 0 saturated heterocycles. The molecule has 3 aromatic rings. The summed E-state index contributed by atoms with van der Waals surface area (Å²) in [5.41, 5.74) is 2.03. The summed E-state index contributed by atoms with van der Waals surface area (Å²) in [6, 6.07) is 10.2. The molecule has 0 radical (unpaired) electrons. The number of benzene rings is 2. The Balaban J connectivity index is 2.10. The van der Waals surface area contributed by atoms with E-state index in [0.29, 0.717) is 22.2 Å². The molecule has 1 atom stereocenters. The number of aromatic nitrogens is 1. The lowest BCUT2D eigenvalue weighted by Crippen LogP contribution is -2.33. The molecule has 3 rings (SSSR count). The molecule has 5 nitrogen and oxygen atoms in total. The third-order valence-corrected chi connectivity index (χ3v) is 4.95. The average Bonchev–Trinajstić information content (AvgIpc) is 2.92. The zero-order valence-electron chi connectivity index (χ0n) is 16.1. The monoisotopic (exact) mass is 382 g/mol. The van der Waals surface area contributed by atoms with Gasteiger partial charge in [-0.2, -0.15) is 0 Å². The summed E-state index contributed by atoms with van der Waals surface area (Å²) in [5.74, 6) is -0.989. The van der Waals surface area contributed by atoms with Crippen LogP contribution in [0.3, 0.4) is 0 Å². The summed E-state index contributed by atoms with van der Waals surface area (Å²) in [4.78, 5) is 25.5. The van der Waals surface area contributed by atoms with Crippen molar-refractivity contribution in [2.24, 2.45) is 0 Å². The second-order valence-corrected chi connectivity index (χ2v) is 6.97. The lowest BCUT2D eigenvalue weighted by molar-refractivity contribution is -0.121. The highest BCUT2D eigenvalue weighted by Crippen LogP contribution is 2.30. The van der Waals surface area contributed by atoms with Crippen LogP contribution in [0, 0.1) is 12.7 Å². The van der Waals surface area contributed by atoms with Crippen LogP contribution in [0.15, 0.2) is 42.5 Å². The van der Waals surface area contributed by atoms with Crippen LogP contribution in [0.5, 0.6) is 5.75 Å². The Hall–Kier alpha value is -3.15. The lowest BCUT2D eigenvalue weighted by atomic mass is 10.1. The largest absolute Gasteiger partial charge is 0.508 e. The molecule has 2 N–H and O–H groups in total. The number of nitrogens with one attached hydrogen (secondary N) is 1. The van der Waals surface area contributed by atoms with Crippen LogP contribution in [0.4, 0.5) is 4.39 Å². The molecule has 6 heteroatoms. The summed E-state index contributed by atoms with van der Waals surface area (Å²) in [6.07, 6.45) is 0.894. The van der Waals surface area contributed by atoms with Gasteiger partial charge in [-0.3, -0.25) is 14.2 Å². The number of phenolic OH excluding ortho intramolecular Hbond substituents is 1. The van der Waals surface area contributed by atoms with Crippen molar-refractivity contribution in [1.82, 2.24) is 9.88 Å². The Morgan fingerprint density at radius 1 is 1.21 bits per heavy atom. The van der Waals surface area contributed by atoms with E-state index >= 15 is 0 Å². The van der Waals surface area contributed by atoms with E-state index in [1.807, 2.05) is 13.8 Å². The number of fused-ring (bicyclic) bond motifs is 1. The first kappa shape index (κ1) is 19.6. The fourth-order valence-electron chi connectivity index (χ4n) is 3.30. The van der Waals surface area contributed by atoms with Gasteiger partial charge in [0.05, 0.1) is 11.9 Å². The molecule has 2 aromatic carbocycles. The summed E-state index contributed by atoms with van der Waals surface area (Å²) in [6.45, 7) is 5.66. The van der Waals surface area contributed by atoms with Crippen LogP contribution >= 0.6 is 0 Å². The quantitative estimate of drug-likeness (QED) is 0.702. The molecule has 28 heavy (non-hydrogen) atoms. The Morgan fingerprint density at radius 3 is 2.64 bits per heavy atom. The standard InChI is InChI=1S/C22H23FN2O3/c1-4-13(2)24-21(27)12-18-14(3)25(20-9-8-17(26)11-19(18)20)22(28)15-6-5-7-16(23)10-15/h5-11,13,26H,4,12H2,1-3H3,(H,24,27)/t13-/m0/s1. The van der Waals surface area contributed by atoms with Crippen molar-refractivity contribution in [1.29, 1.82) is 0 Å². The van der Waals surface area contributed by atoms with Gasteiger partial charge >= 0.3 is 0 Å². The van der Waals surface area contributed by atoms with Crippen molar-refractivity contribution in [2.45, 2.75) is 39.7 Å². The molecule has 0 unspecified atom stereocenters. The van der Waals surface area contributed by atoms with E-state index < -0.39 is 5.82 Å². The van der Waals surface area contributed by atoms with E-state index in [1.54, 1.807) is 25.1 Å². The molecular weight excluding hydrogens is 359 g/mol. The van der Waals surface area contributed by atoms with Gasteiger partial charge in [0.1, 0.15) is 11.6 Å². The number of amides is 1. The van der Waals surface area contributed by atoms with E-state index in [0.717, 1.165) is 6.42 Å². The minimum absolute atomic E-state index is 0.0449. The van der Waals surface area contributed by atoms with Gasteiger partial charge in [0.2, 0.25) is 5.91 Å². The molecule has 0 aliphatic rings. The van der Waals surface area contributed by atoms with E-state index in [9.17, 15) is 19.1 Å². The highest BCUT2D eigenvalue weighted by Gasteiger charge is 2.22. The Morgan fingerprint density at radius 2 is 1.96 bits per heavy atom. The highest BCUT2D eigenvalue weighted by molar-refractivity contribution is 6.05. The third kappa shape index (κ3) is 3.76. The number of carbonyl (C=O) groups excluding carboxylic acids is 2. The van der Waals surface area contributed by atoms with Crippen LogP contribution in [0.25, 0.3) is 10.9 Å². The zero-order chi connectivity index (χ0) is 20.4. The number of rotatable bonds is 5. The number of halogens is 1. The smallest absolute Gasteiger partial charge is 0.262 e. The Kier molecular flexibility index (Phi) is 5.49. The van der Waals surface area contributed by atoms with Gasteiger partial charge in [0.15, 0.2) is 0 Å². The SMILES string of the molecule is CC[C@H](C)NC(=O)Cc1c(C)n(C(=O)c2cccc(F)c2)c2ccc(O)cc12. The van der Waals surface area contributed by atoms with Gasteiger partial charge in [-0.25, -0.2) is 4.39 Å². The third-order valence-electron chi connectivity index (χ3n) is 4.95. The summed E-state index contributed by atoms with van der Waals surface area (Å²) in [7, 11) is 0. The van der Waals surface area contributed by atoms with Crippen molar-refractivity contribution in [3.63, 3.8) is 0 Å². The number of hydrogen-bond donors (Lipinski definition) is 2. The number of carbonyl (C=O) groups is 2. The van der Waals surface area contributed by atoms with E-state index in [-0.39, 0.29) is 35.6 Å². The minimum Gasteiger partial charge on any atom is -0.508 e. The van der Waals surface area contributed by atoms with Gasteiger partial charge in [-0.05, 0) is 62.2 Å². The second-order valence-electron chi connectivity index (χ2n) is 6.97. The Labute approximate surface area is 162 Å². The van der Waals surface area contributed by atoms with Gasteiger partial charge in [-0.15, -0.1) is 0 Å². The molecule has 0 aliphatic carbocycles. The summed E-state index contributed by atoms with van der Waals surface area (Å²) < 4.78 is 15.1. The van der Waals surface area contributed by atoms with Gasteiger partial charge in [-0.1, -0.05) is 13.0 Å². The van der Waals surface area contributed by atoms with Crippen LogP contribution in [-0.2, 0) is 11.2 Å². The molecule has 0 saturated carbocycles. The normalized spacial score (nSPS) is 12.1. The molecule has 0 fully saturated rings. The van der Waals surface area contributed by atoms with Gasteiger partial charge in [0, 0.05) is 22.7 Å². The molecule has 0 bridgehead atoms. The van der Waals surface area contributed by atoms with E-state index in [4.69, 9.17) is 0 Å². The van der Waals surface area contributed by atoms with Crippen LogP contribution in [0.2, 0.25) is 0 Å². The van der Waals surface area contributed by atoms with Crippen molar-refractivity contribution in [2.75, 3.05) is 0 Å². The van der Waals surface area contributed by atoms with Crippen molar-refractivity contribution in [3.05, 3.63) is 65.1 Å². The topological polar surface area (TPSA) is 71.3 Å². The average molecular weight is 382 g/mol. The second kappa shape index (κ2) is 7.84. The fourth-order valence-corrected chi connectivity index (χ4v) is 3.30. The maximum atomic E-state index is 13.6. The summed E-state index contributed by atoms with van der Waals surface area (Å²) >= 11 is 0. The number of nitrogens with zero attached hydrogens (tertiary/aromatic N) is 1. The maximum Gasteiger partial charge on any atom is 0.262 e. The molecular formula is C22H23FN2O3. The van der Waals surface area contributed by atoms with E-state index in [2.05, 4.69) is 5.32 Å². The molecule has 0 aliphatic heterocycles. The highest BCUT2D eigenvalue weighted by atomic mass is 19.1. The predicted molar refractivity (Wildman–Crippen MR) is 106 cm³/mol. The van der Waals surface area contributed by atoms with Crippen molar-refractivity contribution < 1.29 is 19.1 Å².